The van der Waals surface area contributed by atoms with Gasteiger partial charge in [-0.2, -0.15) is 0 Å². The van der Waals surface area contributed by atoms with Crippen molar-refractivity contribution in [1.29, 1.82) is 0 Å². The Balaban J connectivity index is 1.93. The first-order valence-electron chi connectivity index (χ1n) is 5.68. The summed E-state index contributed by atoms with van der Waals surface area (Å²) >= 11 is 0. The first-order valence-corrected chi connectivity index (χ1v) is 5.68. The first-order chi connectivity index (χ1) is 7.79. The summed E-state index contributed by atoms with van der Waals surface area (Å²) in [6, 6.07) is 5.15. The Morgan fingerprint density at radius 1 is 1.44 bits per heavy atom. The van der Waals surface area contributed by atoms with Gasteiger partial charge in [0.2, 0.25) is 0 Å². The van der Waals surface area contributed by atoms with Crippen LogP contribution in [-0.4, -0.2) is 42.1 Å². The molecule has 3 nitrogen and oxygen atoms in total. The number of aromatic nitrogens is 1. The molecule has 1 aromatic heterocycles. The Morgan fingerprint density at radius 3 is 2.94 bits per heavy atom. The van der Waals surface area contributed by atoms with Crippen LogP contribution < -0.4 is 4.90 Å². The van der Waals surface area contributed by atoms with E-state index in [0.29, 0.717) is 12.1 Å². The van der Waals surface area contributed by atoms with Crippen molar-refractivity contribution < 1.29 is 0 Å². The Labute approximate surface area is 96.1 Å². The summed E-state index contributed by atoms with van der Waals surface area (Å²) in [5, 5.41) is 0. The van der Waals surface area contributed by atoms with Crippen molar-refractivity contribution in [3.63, 3.8) is 0 Å². The molecule has 82 valence electrons. The van der Waals surface area contributed by atoms with Gasteiger partial charge in [-0.1, -0.05) is 5.92 Å². The molecule has 2 saturated heterocycles. The van der Waals surface area contributed by atoms with Crippen LogP contribution in [0.3, 0.4) is 0 Å². The van der Waals surface area contributed by atoms with E-state index in [1.807, 2.05) is 18.3 Å². The molecule has 2 aliphatic rings. The quantitative estimate of drug-likeness (QED) is 0.648. The zero-order chi connectivity index (χ0) is 11.1. The molecule has 3 heteroatoms. The molecular formula is C13H15N3. The molecule has 2 atom stereocenters. The minimum absolute atomic E-state index is 0.594. The van der Waals surface area contributed by atoms with Gasteiger partial charge in [-0.15, -0.1) is 6.42 Å². The number of fused-ring (bicyclic) bond motifs is 2. The van der Waals surface area contributed by atoms with Gasteiger partial charge >= 0.3 is 0 Å². The second-order valence-corrected chi connectivity index (χ2v) is 4.65. The van der Waals surface area contributed by atoms with E-state index in [1.54, 1.807) is 0 Å². The minimum atomic E-state index is 0.594. The molecule has 0 aliphatic carbocycles. The fraction of sp³-hybridized carbons (Fsp3) is 0.462. The molecule has 3 rings (SSSR count). The summed E-state index contributed by atoms with van der Waals surface area (Å²) in [5.74, 6) is 3.72. The SMILES string of the molecule is C#Cc1cccnc1N1C[C@@H]2C[C@H]1CN2C. The van der Waals surface area contributed by atoms with Crippen molar-refractivity contribution in [2.45, 2.75) is 18.5 Å². The van der Waals surface area contributed by atoms with Crippen LogP contribution in [0.1, 0.15) is 12.0 Å². The van der Waals surface area contributed by atoms with Crippen molar-refractivity contribution in [2.75, 3.05) is 25.0 Å². The normalized spacial score (nSPS) is 28.4. The van der Waals surface area contributed by atoms with E-state index in [9.17, 15) is 0 Å². The van der Waals surface area contributed by atoms with Crippen molar-refractivity contribution >= 4 is 5.82 Å². The van der Waals surface area contributed by atoms with Crippen molar-refractivity contribution in [1.82, 2.24) is 9.88 Å². The van der Waals surface area contributed by atoms with Crippen molar-refractivity contribution in [2.24, 2.45) is 0 Å². The van der Waals surface area contributed by atoms with Crippen LogP contribution in [0.4, 0.5) is 5.82 Å². The first kappa shape index (κ1) is 9.68. The van der Waals surface area contributed by atoms with Crippen LogP contribution in [-0.2, 0) is 0 Å². The standard InChI is InChI=1S/C13H15N3/c1-3-10-5-4-6-14-13(10)16-9-11-7-12(16)8-15(11)2/h1,4-6,11-12H,7-9H2,2H3/t11-,12-/m0/s1. The van der Waals surface area contributed by atoms with Gasteiger partial charge in [0, 0.05) is 31.4 Å². The molecule has 2 aliphatic heterocycles. The second-order valence-electron chi connectivity index (χ2n) is 4.65. The maximum Gasteiger partial charge on any atom is 0.144 e. The fourth-order valence-corrected chi connectivity index (χ4v) is 2.86. The van der Waals surface area contributed by atoms with Crippen LogP contribution in [0, 0.1) is 12.3 Å². The summed E-state index contributed by atoms with van der Waals surface area (Å²) in [5.41, 5.74) is 0.915. The summed E-state index contributed by atoms with van der Waals surface area (Å²) in [6.45, 7) is 2.19. The lowest BCUT2D eigenvalue weighted by atomic mass is 10.2. The molecule has 1 aromatic rings. The van der Waals surface area contributed by atoms with Crippen molar-refractivity contribution in [3.8, 4) is 12.3 Å². The summed E-state index contributed by atoms with van der Waals surface area (Å²) in [4.78, 5) is 9.25. The number of anilines is 1. The number of piperazine rings is 1. The molecule has 3 heterocycles. The van der Waals surface area contributed by atoms with Gasteiger partial charge in [-0.25, -0.2) is 4.98 Å². The Kier molecular flexibility index (Phi) is 2.12. The van der Waals surface area contributed by atoms with Gasteiger partial charge < -0.3 is 4.90 Å². The van der Waals surface area contributed by atoms with Crippen molar-refractivity contribution in [3.05, 3.63) is 23.9 Å². The number of pyridine rings is 1. The number of hydrogen-bond acceptors (Lipinski definition) is 3. The molecule has 0 amide bonds. The zero-order valence-corrected chi connectivity index (χ0v) is 9.43. The third-order valence-corrected chi connectivity index (χ3v) is 3.73. The average Bonchev–Trinajstić information content (AvgIpc) is 2.87. The van der Waals surface area contributed by atoms with Crippen LogP contribution in [0.2, 0.25) is 0 Å². The van der Waals surface area contributed by atoms with Gasteiger partial charge in [0.05, 0.1) is 5.56 Å². The lowest BCUT2D eigenvalue weighted by Crippen LogP contribution is -2.45. The third-order valence-electron chi connectivity index (χ3n) is 3.73. The monoisotopic (exact) mass is 213 g/mol. The van der Waals surface area contributed by atoms with Crippen LogP contribution in [0.15, 0.2) is 18.3 Å². The average molecular weight is 213 g/mol. The number of nitrogens with zero attached hydrogens (tertiary/aromatic N) is 3. The Hall–Kier alpha value is -1.53. The molecule has 0 unspecified atom stereocenters. The molecule has 0 radical (unpaired) electrons. The highest BCUT2D eigenvalue weighted by molar-refractivity contribution is 5.56. The molecule has 0 spiro atoms. The fourth-order valence-electron chi connectivity index (χ4n) is 2.86. The van der Waals surface area contributed by atoms with E-state index in [1.165, 1.54) is 6.42 Å². The predicted octanol–water partition coefficient (Wildman–Crippen LogP) is 0.956. The van der Waals surface area contributed by atoms with Gasteiger partial charge in [-0.3, -0.25) is 4.90 Å². The smallest absolute Gasteiger partial charge is 0.144 e. The lowest BCUT2D eigenvalue weighted by molar-refractivity contribution is 0.292. The van der Waals surface area contributed by atoms with Crippen LogP contribution in [0.25, 0.3) is 0 Å². The third kappa shape index (κ3) is 1.30. The topological polar surface area (TPSA) is 19.4 Å². The number of terminal acetylenes is 1. The molecule has 0 N–H and O–H groups in total. The Bertz CT molecular complexity index is 447. The largest absolute Gasteiger partial charge is 0.350 e. The number of likely N-dealkylation sites (N-methyl/N-ethyl adjacent to an activating group) is 1. The van der Waals surface area contributed by atoms with E-state index in [4.69, 9.17) is 6.42 Å². The van der Waals surface area contributed by atoms with Gasteiger partial charge in [-0.05, 0) is 25.6 Å². The van der Waals surface area contributed by atoms with E-state index in [-0.39, 0.29) is 0 Å². The number of hydrogen-bond donors (Lipinski definition) is 0. The number of rotatable bonds is 1. The van der Waals surface area contributed by atoms with Crippen LogP contribution in [0.5, 0.6) is 0 Å². The molecular weight excluding hydrogens is 198 g/mol. The number of likely N-dealkylation sites (tertiary alicyclic amines) is 1. The maximum atomic E-state index is 5.52. The maximum absolute atomic E-state index is 5.52. The zero-order valence-electron chi connectivity index (χ0n) is 9.43. The highest BCUT2D eigenvalue weighted by Gasteiger charge is 2.42. The summed E-state index contributed by atoms with van der Waals surface area (Å²) in [6.07, 6.45) is 8.59. The molecule has 16 heavy (non-hydrogen) atoms. The van der Waals surface area contributed by atoms with E-state index in [2.05, 4.69) is 27.8 Å². The van der Waals surface area contributed by atoms with Gasteiger partial charge in [0.15, 0.2) is 0 Å². The van der Waals surface area contributed by atoms with E-state index < -0.39 is 0 Å². The molecule has 0 aromatic carbocycles. The molecule has 2 bridgehead atoms. The minimum Gasteiger partial charge on any atom is -0.350 e. The van der Waals surface area contributed by atoms with E-state index >= 15 is 0 Å². The second kappa shape index (κ2) is 3.50. The summed E-state index contributed by atoms with van der Waals surface area (Å²) in [7, 11) is 2.20. The molecule has 0 saturated carbocycles. The molecule has 2 fully saturated rings. The van der Waals surface area contributed by atoms with Gasteiger partial charge in [0.25, 0.3) is 0 Å². The van der Waals surface area contributed by atoms with Crippen LogP contribution >= 0.6 is 0 Å². The van der Waals surface area contributed by atoms with Gasteiger partial charge in [0.1, 0.15) is 5.82 Å². The predicted molar refractivity (Wildman–Crippen MR) is 64.3 cm³/mol. The lowest BCUT2D eigenvalue weighted by Gasteiger charge is -2.33. The van der Waals surface area contributed by atoms with E-state index in [0.717, 1.165) is 24.5 Å². The Morgan fingerprint density at radius 2 is 2.31 bits per heavy atom. The highest BCUT2D eigenvalue weighted by atomic mass is 15.4. The highest BCUT2D eigenvalue weighted by Crippen LogP contribution is 2.33. The summed E-state index contributed by atoms with van der Waals surface area (Å²) < 4.78 is 0.